The fraction of sp³-hybridized carbons (Fsp3) is 0.471. The third-order valence-electron chi connectivity index (χ3n) is 4.16. The Bertz CT molecular complexity index is 914. The van der Waals surface area contributed by atoms with Crippen molar-refractivity contribution in [3.05, 3.63) is 56.8 Å². The summed E-state index contributed by atoms with van der Waals surface area (Å²) in [5.74, 6) is 0.404. The van der Waals surface area contributed by atoms with Gasteiger partial charge in [0.2, 0.25) is 0 Å². The molecule has 0 aliphatic carbocycles. The van der Waals surface area contributed by atoms with Gasteiger partial charge in [0.25, 0.3) is 11.5 Å². The lowest BCUT2D eigenvalue weighted by Gasteiger charge is -2.38. The average Bonchev–Trinajstić information content (AvgIpc) is 2.48. The van der Waals surface area contributed by atoms with Crippen molar-refractivity contribution in [1.29, 1.82) is 0 Å². The van der Waals surface area contributed by atoms with Crippen LogP contribution in [0.25, 0.3) is 0 Å². The molecule has 1 aromatic heterocycles. The summed E-state index contributed by atoms with van der Waals surface area (Å²) in [4.78, 5) is 39.6. The largest absolute Gasteiger partial charge is 0.453 e. The second-order valence-electron chi connectivity index (χ2n) is 8.16. The van der Waals surface area contributed by atoms with Gasteiger partial charge in [0.15, 0.2) is 16.6 Å². The fourth-order valence-electron chi connectivity index (χ4n) is 3.18. The minimum Gasteiger partial charge on any atom is -0.453 e. The molecule has 2 heterocycles. The van der Waals surface area contributed by atoms with Gasteiger partial charge in [-0.15, -0.1) is 0 Å². The van der Waals surface area contributed by atoms with E-state index in [4.69, 9.17) is 4.12 Å². The number of nitrogens with one attached hydrogen (secondary N) is 2. The lowest BCUT2D eigenvalue weighted by atomic mass is 10.2. The van der Waals surface area contributed by atoms with Gasteiger partial charge >= 0.3 is 5.69 Å². The Hall–Kier alpha value is -2.18. The highest BCUT2D eigenvalue weighted by Gasteiger charge is 2.36. The van der Waals surface area contributed by atoms with Crippen LogP contribution in [-0.2, 0) is 15.1 Å². The van der Waals surface area contributed by atoms with Crippen molar-refractivity contribution in [2.45, 2.75) is 46.2 Å². The molecule has 1 aliphatic rings. The molecule has 0 saturated heterocycles. The minimum absolute atomic E-state index is 0.140. The molecule has 148 valence electrons. The van der Waals surface area contributed by atoms with Gasteiger partial charge in [-0.2, -0.15) is 0 Å². The van der Waals surface area contributed by atoms with Crippen molar-refractivity contribution in [2.75, 3.05) is 6.17 Å². The van der Waals surface area contributed by atoms with Gasteiger partial charge in [-0.3, -0.25) is 14.6 Å². The van der Waals surface area contributed by atoms with Crippen LogP contribution < -0.4 is 16.6 Å². The summed E-state index contributed by atoms with van der Waals surface area (Å²) in [6, 6.07) is 0. The molecule has 1 amide bonds. The minimum atomic E-state index is -2.25. The molecule has 0 spiro atoms. The number of aromatic nitrogens is 2. The van der Waals surface area contributed by atoms with Crippen molar-refractivity contribution >= 4 is 22.5 Å². The summed E-state index contributed by atoms with van der Waals surface area (Å²) in [5.41, 5.74) is 0.343. The number of carbonyl (C=O) groups is 1. The molecule has 0 fully saturated rings. The monoisotopic (exact) mass is 408 g/mol. The molecule has 1 aliphatic heterocycles. The van der Waals surface area contributed by atoms with Crippen LogP contribution in [-0.4, -0.2) is 43.2 Å². The molecule has 0 unspecified atom stereocenters. The zero-order valence-electron chi connectivity index (χ0n) is 16.8. The average molecular weight is 409 g/mol. The highest BCUT2D eigenvalue weighted by molar-refractivity contribution is 6.84. The third-order valence-corrected chi connectivity index (χ3v) is 10.8. The molecule has 10 heteroatoms. The Morgan fingerprint density at radius 3 is 2.30 bits per heavy atom. The maximum atomic E-state index is 12.1. The summed E-state index contributed by atoms with van der Waals surface area (Å²) >= 11 is 0. The van der Waals surface area contributed by atoms with E-state index in [9.17, 15) is 14.4 Å². The summed E-state index contributed by atoms with van der Waals surface area (Å²) in [6.07, 6.45) is 4.47. The zero-order chi connectivity index (χ0) is 20.6. The molecule has 2 N–H and O–H groups in total. The van der Waals surface area contributed by atoms with E-state index in [0.717, 1.165) is 0 Å². The van der Waals surface area contributed by atoms with Crippen LogP contribution >= 0.6 is 0 Å². The lowest BCUT2D eigenvalue weighted by Crippen LogP contribution is -2.54. The lowest BCUT2D eigenvalue weighted by molar-refractivity contribution is -0.117. The van der Waals surface area contributed by atoms with E-state index < -0.39 is 22.3 Å². The van der Waals surface area contributed by atoms with Gasteiger partial charge in [0, 0.05) is 35.9 Å². The first-order chi connectivity index (χ1) is 12.3. The number of hydrogen-bond donors (Lipinski definition) is 2. The predicted octanol–water partition coefficient (Wildman–Crippen LogP) is 1.16. The fourth-order valence-corrected chi connectivity index (χ4v) is 11.8. The standard InChI is InChI=1S/C17H28N4O4Si2/c1-12-8-20(14(3)18-15(12)22)10-26(4,5)25-27(6,7)11-21-9-13(2)16(23)19-17(21)24/h8-9H,3,10-11H2,1-2,4-7H3,(H,18,22)(H,19,23,24). The summed E-state index contributed by atoms with van der Waals surface area (Å²) in [7, 11) is -4.42. The van der Waals surface area contributed by atoms with Crippen LogP contribution in [0.4, 0.5) is 0 Å². The van der Waals surface area contributed by atoms with E-state index >= 15 is 0 Å². The van der Waals surface area contributed by atoms with E-state index in [1.165, 1.54) is 4.57 Å². The molecule has 8 nitrogen and oxygen atoms in total. The maximum Gasteiger partial charge on any atom is 0.328 e. The van der Waals surface area contributed by atoms with Gasteiger partial charge in [-0.1, -0.05) is 6.58 Å². The topological polar surface area (TPSA) is 96.4 Å². The van der Waals surface area contributed by atoms with Crippen LogP contribution in [0.2, 0.25) is 26.2 Å². The Balaban J connectivity index is 2.15. The van der Waals surface area contributed by atoms with Gasteiger partial charge in [-0.05, 0) is 40.0 Å². The second-order valence-corrected chi connectivity index (χ2v) is 16.6. The molecule has 0 bridgehead atoms. The van der Waals surface area contributed by atoms with Crippen molar-refractivity contribution in [1.82, 2.24) is 19.8 Å². The van der Waals surface area contributed by atoms with E-state index in [1.54, 1.807) is 26.2 Å². The number of aromatic amines is 1. The van der Waals surface area contributed by atoms with Crippen LogP contribution in [0.3, 0.4) is 0 Å². The van der Waals surface area contributed by atoms with Crippen molar-refractivity contribution < 1.29 is 8.91 Å². The number of carbonyl (C=O) groups excluding carboxylic acids is 1. The Morgan fingerprint density at radius 1 is 1.07 bits per heavy atom. The summed E-state index contributed by atoms with van der Waals surface area (Å²) < 4.78 is 8.09. The predicted molar refractivity (Wildman–Crippen MR) is 110 cm³/mol. The highest BCUT2D eigenvalue weighted by atomic mass is 28.4. The van der Waals surface area contributed by atoms with Crippen LogP contribution in [0, 0.1) is 6.92 Å². The van der Waals surface area contributed by atoms with Crippen LogP contribution in [0.1, 0.15) is 12.5 Å². The normalized spacial score (nSPS) is 15.6. The van der Waals surface area contributed by atoms with E-state index in [1.807, 2.05) is 4.90 Å². The quantitative estimate of drug-likeness (QED) is 0.689. The van der Waals surface area contributed by atoms with Crippen molar-refractivity contribution in [3.63, 3.8) is 0 Å². The van der Waals surface area contributed by atoms with Crippen LogP contribution in [0.15, 0.2) is 40.0 Å². The van der Waals surface area contributed by atoms with E-state index in [-0.39, 0.29) is 11.5 Å². The first kappa shape index (κ1) is 21.1. The number of hydrogen-bond acceptors (Lipinski definition) is 5. The van der Waals surface area contributed by atoms with Crippen molar-refractivity contribution in [3.8, 4) is 0 Å². The molecule has 1 aromatic rings. The molecule has 0 aromatic carbocycles. The molecule has 2 rings (SSSR count). The molecular weight excluding hydrogens is 380 g/mol. The van der Waals surface area contributed by atoms with Gasteiger partial charge in [0.05, 0.1) is 0 Å². The molecule has 27 heavy (non-hydrogen) atoms. The maximum absolute atomic E-state index is 12.1. The van der Waals surface area contributed by atoms with Gasteiger partial charge < -0.3 is 18.9 Å². The summed E-state index contributed by atoms with van der Waals surface area (Å²) in [5, 5.41) is 2.75. The number of aryl methyl sites for hydroxylation is 1. The first-order valence-electron chi connectivity index (χ1n) is 8.75. The second kappa shape index (κ2) is 7.45. The van der Waals surface area contributed by atoms with Crippen LogP contribution in [0.5, 0.6) is 0 Å². The number of nitrogens with zero attached hydrogens (tertiary/aromatic N) is 2. The van der Waals surface area contributed by atoms with Gasteiger partial charge in [-0.25, -0.2) is 4.79 Å². The highest BCUT2D eigenvalue weighted by Crippen LogP contribution is 2.20. The van der Waals surface area contributed by atoms with E-state index in [0.29, 0.717) is 29.3 Å². The number of H-pyrrole nitrogens is 1. The van der Waals surface area contributed by atoms with Gasteiger partial charge in [0.1, 0.15) is 5.82 Å². The molecule has 0 radical (unpaired) electrons. The van der Waals surface area contributed by atoms with E-state index in [2.05, 4.69) is 43.1 Å². The summed E-state index contributed by atoms with van der Waals surface area (Å²) in [6.45, 7) is 15.7. The Kier molecular flexibility index (Phi) is 5.83. The SMILES string of the molecule is C=C1NC(=O)C(C)=CN1C[Si](C)(C)O[Si](C)(C)Cn1cc(C)c(=O)[nH]c1=O. The van der Waals surface area contributed by atoms with Crippen molar-refractivity contribution in [2.24, 2.45) is 0 Å². The molecular formula is C17H28N4O4Si2. The zero-order valence-corrected chi connectivity index (χ0v) is 18.8. The first-order valence-corrected chi connectivity index (χ1v) is 15.0. The molecule has 0 atom stereocenters. The Labute approximate surface area is 160 Å². The molecule has 0 saturated carbocycles. The third kappa shape index (κ3) is 5.40. The smallest absolute Gasteiger partial charge is 0.328 e. The number of amides is 1. The Morgan fingerprint density at radius 2 is 1.67 bits per heavy atom. The number of rotatable bonds is 6.